The maximum atomic E-state index is 12.2. The molecule has 1 aromatic rings. The fourth-order valence-corrected chi connectivity index (χ4v) is 2.15. The third-order valence-corrected chi connectivity index (χ3v) is 2.96. The van der Waals surface area contributed by atoms with E-state index in [0.717, 1.165) is 26.1 Å². The Morgan fingerprint density at radius 2 is 2.44 bits per heavy atom. The monoisotopic (exact) mass is 228 g/mol. The van der Waals surface area contributed by atoms with Gasteiger partial charge in [-0.15, -0.1) is 5.10 Å². The van der Waals surface area contributed by atoms with Gasteiger partial charge < -0.3 is 10.0 Å². The molecule has 0 aliphatic carbocycles. The molecule has 0 aromatic carbocycles. The Kier molecular flexibility index (Phi) is 3.84. The van der Waals surface area contributed by atoms with Gasteiger partial charge >= 0.3 is 0 Å². The van der Waals surface area contributed by atoms with E-state index in [0.29, 0.717) is 18.2 Å². The van der Waals surface area contributed by atoms with E-state index in [1.165, 1.54) is 0 Å². The van der Waals surface area contributed by atoms with Crippen molar-refractivity contribution in [3.05, 3.63) is 11.9 Å². The van der Waals surface area contributed by atoms with E-state index in [1.807, 2.05) is 0 Å². The number of likely N-dealkylation sites (tertiary alicyclic amines) is 1. The van der Waals surface area contributed by atoms with E-state index in [9.17, 15) is 4.39 Å². The van der Waals surface area contributed by atoms with Crippen LogP contribution < -0.4 is 0 Å². The Labute approximate surface area is 93.9 Å². The first-order valence-corrected chi connectivity index (χ1v) is 5.60. The highest BCUT2D eigenvalue weighted by atomic mass is 19.1. The molecule has 2 heterocycles. The highest BCUT2D eigenvalue weighted by Gasteiger charge is 2.22. The number of hydrogen-bond donors (Lipinski definition) is 1. The van der Waals surface area contributed by atoms with Crippen LogP contribution >= 0.6 is 0 Å². The zero-order valence-corrected chi connectivity index (χ0v) is 9.22. The fourth-order valence-electron chi connectivity index (χ4n) is 2.15. The molecule has 1 aliphatic rings. The van der Waals surface area contributed by atoms with Crippen molar-refractivity contribution in [1.82, 2.24) is 19.9 Å². The molecule has 0 bridgehead atoms. The SMILES string of the molecule is OCc1cn(CC2CCN(CCF)C2)nn1. The van der Waals surface area contributed by atoms with Gasteiger partial charge in [-0.3, -0.25) is 4.68 Å². The summed E-state index contributed by atoms with van der Waals surface area (Å²) in [4.78, 5) is 2.13. The molecule has 1 N–H and O–H groups in total. The summed E-state index contributed by atoms with van der Waals surface area (Å²) in [6.07, 6.45) is 2.84. The largest absolute Gasteiger partial charge is 0.390 e. The smallest absolute Gasteiger partial charge is 0.108 e. The predicted molar refractivity (Wildman–Crippen MR) is 56.5 cm³/mol. The lowest BCUT2D eigenvalue weighted by Crippen LogP contribution is -2.24. The normalized spacial score (nSPS) is 21.8. The number of rotatable bonds is 5. The summed E-state index contributed by atoms with van der Waals surface area (Å²) in [6.45, 7) is 2.89. The number of nitrogens with zero attached hydrogens (tertiary/aromatic N) is 4. The van der Waals surface area contributed by atoms with E-state index in [1.54, 1.807) is 10.9 Å². The Morgan fingerprint density at radius 1 is 1.56 bits per heavy atom. The molecule has 0 saturated carbocycles. The molecular formula is C10H17FN4O. The Morgan fingerprint density at radius 3 is 3.12 bits per heavy atom. The van der Waals surface area contributed by atoms with Gasteiger partial charge in [0.15, 0.2) is 0 Å². The number of aliphatic hydroxyl groups excluding tert-OH is 1. The van der Waals surface area contributed by atoms with Gasteiger partial charge in [0.05, 0.1) is 12.8 Å². The molecule has 0 radical (unpaired) electrons. The Hall–Kier alpha value is -1.01. The van der Waals surface area contributed by atoms with Crippen LogP contribution in [0.15, 0.2) is 6.20 Å². The molecule has 1 unspecified atom stereocenters. The van der Waals surface area contributed by atoms with E-state index >= 15 is 0 Å². The lowest BCUT2D eigenvalue weighted by Gasteiger charge is -2.13. The summed E-state index contributed by atoms with van der Waals surface area (Å²) in [5.74, 6) is 0.514. The molecule has 1 aliphatic heterocycles. The predicted octanol–water partition coefficient (Wildman–Crippen LogP) is 0.0618. The molecular weight excluding hydrogens is 211 g/mol. The maximum absolute atomic E-state index is 12.2. The second-order valence-corrected chi connectivity index (χ2v) is 4.23. The van der Waals surface area contributed by atoms with Crippen molar-refractivity contribution in [2.75, 3.05) is 26.3 Å². The molecule has 6 heteroatoms. The van der Waals surface area contributed by atoms with E-state index in [-0.39, 0.29) is 13.3 Å². The van der Waals surface area contributed by atoms with E-state index in [4.69, 9.17) is 5.11 Å². The van der Waals surface area contributed by atoms with Gasteiger partial charge in [0.2, 0.25) is 0 Å². The molecule has 2 rings (SSSR count). The van der Waals surface area contributed by atoms with Crippen molar-refractivity contribution < 1.29 is 9.50 Å². The van der Waals surface area contributed by atoms with Crippen molar-refractivity contribution >= 4 is 0 Å². The topological polar surface area (TPSA) is 54.2 Å². The summed E-state index contributed by atoms with van der Waals surface area (Å²) in [5.41, 5.74) is 0.596. The van der Waals surface area contributed by atoms with Crippen molar-refractivity contribution in [3.63, 3.8) is 0 Å². The van der Waals surface area contributed by atoms with Gasteiger partial charge in [-0.25, -0.2) is 4.39 Å². The molecule has 0 spiro atoms. The zero-order valence-electron chi connectivity index (χ0n) is 9.22. The lowest BCUT2D eigenvalue weighted by atomic mass is 10.1. The van der Waals surface area contributed by atoms with Crippen molar-refractivity contribution in [2.24, 2.45) is 5.92 Å². The molecule has 16 heavy (non-hydrogen) atoms. The number of aliphatic hydroxyl groups is 1. The number of halogens is 1. The van der Waals surface area contributed by atoms with Gasteiger partial charge in [0, 0.05) is 19.6 Å². The molecule has 1 aromatic heterocycles. The standard InChI is InChI=1S/C10H17FN4O/c11-2-4-14-3-1-9(5-14)6-15-7-10(8-16)12-13-15/h7,9,16H,1-6,8H2. The van der Waals surface area contributed by atoms with Crippen LogP contribution in [0.4, 0.5) is 4.39 Å². The lowest BCUT2D eigenvalue weighted by molar-refractivity contribution is 0.276. The van der Waals surface area contributed by atoms with Crippen LogP contribution in [0.1, 0.15) is 12.1 Å². The molecule has 1 atom stereocenters. The minimum Gasteiger partial charge on any atom is -0.390 e. The minimum atomic E-state index is -0.273. The van der Waals surface area contributed by atoms with Gasteiger partial charge in [-0.2, -0.15) is 0 Å². The number of alkyl halides is 1. The van der Waals surface area contributed by atoms with Crippen LogP contribution in [0.25, 0.3) is 0 Å². The van der Waals surface area contributed by atoms with Gasteiger partial charge in [0.1, 0.15) is 12.4 Å². The van der Waals surface area contributed by atoms with Crippen molar-refractivity contribution in [3.8, 4) is 0 Å². The summed E-state index contributed by atoms with van der Waals surface area (Å²) in [6, 6.07) is 0. The third kappa shape index (κ3) is 2.76. The molecule has 0 amide bonds. The Bertz CT molecular complexity index is 330. The number of hydrogen-bond acceptors (Lipinski definition) is 4. The van der Waals surface area contributed by atoms with Gasteiger partial charge in [0.25, 0.3) is 0 Å². The maximum Gasteiger partial charge on any atom is 0.108 e. The van der Waals surface area contributed by atoms with Crippen LogP contribution in [-0.2, 0) is 13.2 Å². The molecule has 90 valence electrons. The van der Waals surface area contributed by atoms with Crippen molar-refractivity contribution in [1.29, 1.82) is 0 Å². The van der Waals surface area contributed by atoms with E-state index < -0.39 is 0 Å². The fraction of sp³-hybridized carbons (Fsp3) is 0.800. The van der Waals surface area contributed by atoms with Crippen LogP contribution in [-0.4, -0.2) is 51.3 Å². The minimum absolute atomic E-state index is 0.0708. The van der Waals surface area contributed by atoms with Gasteiger partial charge in [-0.05, 0) is 18.9 Å². The first-order chi connectivity index (χ1) is 7.81. The average Bonchev–Trinajstić information content (AvgIpc) is 2.89. The van der Waals surface area contributed by atoms with Crippen LogP contribution in [0.2, 0.25) is 0 Å². The summed E-state index contributed by atoms with van der Waals surface area (Å²) in [5, 5.41) is 16.6. The third-order valence-electron chi connectivity index (χ3n) is 2.96. The Balaban J connectivity index is 1.82. The highest BCUT2D eigenvalue weighted by Crippen LogP contribution is 2.17. The van der Waals surface area contributed by atoms with Crippen LogP contribution in [0, 0.1) is 5.92 Å². The molecule has 5 nitrogen and oxygen atoms in total. The summed E-state index contributed by atoms with van der Waals surface area (Å²) >= 11 is 0. The summed E-state index contributed by atoms with van der Waals surface area (Å²) < 4.78 is 13.9. The van der Waals surface area contributed by atoms with Crippen LogP contribution in [0.5, 0.6) is 0 Å². The quantitative estimate of drug-likeness (QED) is 0.774. The molecule has 1 saturated heterocycles. The van der Waals surface area contributed by atoms with Gasteiger partial charge in [-0.1, -0.05) is 5.21 Å². The first kappa shape index (κ1) is 11.5. The zero-order chi connectivity index (χ0) is 11.4. The first-order valence-electron chi connectivity index (χ1n) is 5.60. The second-order valence-electron chi connectivity index (χ2n) is 4.23. The second kappa shape index (κ2) is 5.36. The molecule has 1 fully saturated rings. The average molecular weight is 228 g/mol. The summed E-state index contributed by atoms with van der Waals surface area (Å²) in [7, 11) is 0. The van der Waals surface area contributed by atoms with E-state index in [2.05, 4.69) is 15.2 Å². The van der Waals surface area contributed by atoms with Crippen LogP contribution in [0.3, 0.4) is 0 Å². The number of aromatic nitrogens is 3. The highest BCUT2D eigenvalue weighted by molar-refractivity contribution is 4.89. The van der Waals surface area contributed by atoms with Crippen molar-refractivity contribution in [2.45, 2.75) is 19.6 Å².